The predicted octanol–water partition coefficient (Wildman–Crippen LogP) is -0.405. The maximum absolute atomic E-state index is 12.9. The Morgan fingerprint density at radius 3 is 2.42 bits per heavy atom. The number of nitrogens with two attached hydrogens (primary N) is 1. The molecule has 0 bridgehead atoms. The number of carbonyl (C=O) groups excluding carboxylic acids is 3. The number of aliphatic carboxylic acids is 1. The third-order valence-corrected chi connectivity index (χ3v) is 5.21. The third-order valence-electron chi connectivity index (χ3n) is 5.21. The summed E-state index contributed by atoms with van der Waals surface area (Å²) in [5, 5.41) is 23.0. The zero-order chi connectivity index (χ0) is 23.1. The lowest BCUT2D eigenvalue weighted by Gasteiger charge is -2.29. The largest absolute Gasteiger partial charge is 0.508 e. The van der Waals surface area contributed by atoms with E-state index in [0.29, 0.717) is 19.4 Å². The van der Waals surface area contributed by atoms with Gasteiger partial charge in [0.2, 0.25) is 17.7 Å². The third kappa shape index (κ3) is 6.68. The molecule has 1 heterocycles. The summed E-state index contributed by atoms with van der Waals surface area (Å²) in [6.07, 6.45) is 1.34. The molecular formula is C21H30N4O6. The highest BCUT2D eigenvalue weighted by atomic mass is 16.4. The van der Waals surface area contributed by atoms with Crippen LogP contribution in [0, 0.1) is 5.92 Å². The number of benzene rings is 1. The Bertz CT molecular complexity index is 811. The molecule has 1 aromatic rings. The molecule has 0 saturated carbocycles. The summed E-state index contributed by atoms with van der Waals surface area (Å²) in [5.41, 5.74) is 6.88. The van der Waals surface area contributed by atoms with E-state index in [1.807, 2.05) is 0 Å². The first kappa shape index (κ1) is 24.1. The molecular weight excluding hydrogens is 404 g/mol. The SMILES string of the molecule is CC(C)C(NC(=O)C1CCCN1C(=O)C(N)Cc1ccc(O)cc1)C(=O)NCC(=O)O. The fourth-order valence-electron chi connectivity index (χ4n) is 3.55. The van der Waals surface area contributed by atoms with Gasteiger partial charge in [0.05, 0.1) is 6.04 Å². The topological polar surface area (TPSA) is 162 Å². The van der Waals surface area contributed by atoms with Crippen LogP contribution in [0.5, 0.6) is 5.75 Å². The number of rotatable bonds is 9. The van der Waals surface area contributed by atoms with Gasteiger partial charge in [0.15, 0.2) is 0 Å². The molecule has 3 atom stereocenters. The van der Waals surface area contributed by atoms with Gasteiger partial charge < -0.3 is 31.5 Å². The van der Waals surface area contributed by atoms with Gasteiger partial charge in [-0.1, -0.05) is 26.0 Å². The van der Waals surface area contributed by atoms with Gasteiger partial charge in [-0.15, -0.1) is 0 Å². The van der Waals surface area contributed by atoms with Crippen LogP contribution in [0.1, 0.15) is 32.3 Å². The van der Waals surface area contributed by atoms with Gasteiger partial charge in [0, 0.05) is 6.54 Å². The number of hydrogen-bond donors (Lipinski definition) is 5. The first-order chi connectivity index (χ1) is 14.6. The number of carboxylic acid groups (broad SMARTS) is 1. The van der Waals surface area contributed by atoms with Crippen molar-refractivity contribution in [2.45, 2.75) is 51.2 Å². The van der Waals surface area contributed by atoms with Crippen molar-refractivity contribution >= 4 is 23.7 Å². The number of carbonyl (C=O) groups is 4. The van der Waals surface area contributed by atoms with Crippen molar-refractivity contribution in [3.63, 3.8) is 0 Å². The summed E-state index contributed by atoms with van der Waals surface area (Å²) in [4.78, 5) is 50.2. The predicted molar refractivity (Wildman–Crippen MR) is 112 cm³/mol. The molecule has 170 valence electrons. The monoisotopic (exact) mass is 434 g/mol. The van der Waals surface area contributed by atoms with Crippen molar-refractivity contribution in [2.24, 2.45) is 11.7 Å². The highest BCUT2D eigenvalue weighted by Gasteiger charge is 2.38. The molecule has 1 aromatic carbocycles. The Morgan fingerprint density at radius 2 is 1.84 bits per heavy atom. The van der Waals surface area contributed by atoms with Crippen LogP contribution in [0.4, 0.5) is 0 Å². The molecule has 0 radical (unpaired) electrons. The van der Waals surface area contributed by atoms with Crippen LogP contribution in [-0.2, 0) is 25.6 Å². The van der Waals surface area contributed by atoms with Gasteiger partial charge >= 0.3 is 5.97 Å². The van der Waals surface area contributed by atoms with Crippen LogP contribution in [-0.4, -0.2) is 70.0 Å². The molecule has 10 heteroatoms. The van der Waals surface area contributed by atoms with Crippen LogP contribution in [0.2, 0.25) is 0 Å². The number of nitrogens with zero attached hydrogens (tertiary/aromatic N) is 1. The summed E-state index contributed by atoms with van der Waals surface area (Å²) in [6.45, 7) is 3.31. The summed E-state index contributed by atoms with van der Waals surface area (Å²) >= 11 is 0. The average Bonchev–Trinajstić information content (AvgIpc) is 3.20. The van der Waals surface area contributed by atoms with Gasteiger partial charge in [-0.05, 0) is 42.9 Å². The van der Waals surface area contributed by atoms with Gasteiger partial charge in [-0.3, -0.25) is 19.2 Å². The van der Waals surface area contributed by atoms with Gasteiger partial charge in [0.1, 0.15) is 24.4 Å². The second kappa shape index (κ2) is 10.8. The minimum absolute atomic E-state index is 0.118. The Hall–Kier alpha value is -3.14. The second-order valence-corrected chi connectivity index (χ2v) is 8.01. The molecule has 1 aliphatic heterocycles. The van der Waals surface area contributed by atoms with Crippen molar-refractivity contribution in [3.8, 4) is 5.75 Å². The van der Waals surface area contributed by atoms with E-state index in [9.17, 15) is 24.3 Å². The molecule has 6 N–H and O–H groups in total. The van der Waals surface area contributed by atoms with Gasteiger partial charge in [0.25, 0.3) is 0 Å². The van der Waals surface area contributed by atoms with Crippen molar-refractivity contribution in [3.05, 3.63) is 29.8 Å². The maximum Gasteiger partial charge on any atom is 0.322 e. The smallest absolute Gasteiger partial charge is 0.322 e. The maximum atomic E-state index is 12.9. The first-order valence-corrected chi connectivity index (χ1v) is 10.2. The van der Waals surface area contributed by atoms with Crippen LogP contribution in [0.3, 0.4) is 0 Å². The number of nitrogens with one attached hydrogen (secondary N) is 2. The molecule has 1 saturated heterocycles. The zero-order valence-corrected chi connectivity index (χ0v) is 17.7. The molecule has 10 nitrogen and oxygen atoms in total. The molecule has 0 aliphatic carbocycles. The average molecular weight is 434 g/mol. The second-order valence-electron chi connectivity index (χ2n) is 8.01. The van der Waals surface area contributed by atoms with Crippen LogP contribution in [0.25, 0.3) is 0 Å². The minimum atomic E-state index is -1.18. The fourth-order valence-corrected chi connectivity index (χ4v) is 3.55. The van der Waals surface area contributed by atoms with Gasteiger partial charge in [-0.25, -0.2) is 0 Å². The van der Waals surface area contributed by atoms with Crippen LogP contribution in [0.15, 0.2) is 24.3 Å². The summed E-state index contributed by atoms with van der Waals surface area (Å²) < 4.78 is 0. The molecule has 1 fully saturated rings. The molecule has 2 rings (SSSR count). The first-order valence-electron chi connectivity index (χ1n) is 10.2. The van der Waals surface area contributed by atoms with E-state index in [2.05, 4.69) is 10.6 Å². The number of amides is 3. The Balaban J connectivity index is 2.02. The molecule has 3 unspecified atom stereocenters. The van der Waals surface area contributed by atoms with E-state index in [-0.39, 0.29) is 24.0 Å². The number of aromatic hydroxyl groups is 1. The number of likely N-dealkylation sites (tertiary alicyclic amines) is 1. The van der Waals surface area contributed by atoms with E-state index >= 15 is 0 Å². The van der Waals surface area contributed by atoms with Crippen molar-refractivity contribution < 1.29 is 29.4 Å². The highest BCUT2D eigenvalue weighted by molar-refractivity contribution is 5.94. The quantitative estimate of drug-likeness (QED) is 0.353. The molecule has 0 spiro atoms. The minimum Gasteiger partial charge on any atom is -0.508 e. The molecule has 0 aromatic heterocycles. The molecule has 1 aliphatic rings. The zero-order valence-electron chi connectivity index (χ0n) is 17.7. The van der Waals surface area contributed by atoms with E-state index in [4.69, 9.17) is 10.8 Å². The Labute approximate surface area is 180 Å². The van der Waals surface area contributed by atoms with E-state index in [1.54, 1.807) is 26.0 Å². The van der Waals surface area contributed by atoms with Crippen molar-refractivity contribution in [2.75, 3.05) is 13.1 Å². The molecule has 31 heavy (non-hydrogen) atoms. The Kier molecular flexibility index (Phi) is 8.38. The fraction of sp³-hybridized carbons (Fsp3) is 0.524. The lowest BCUT2D eigenvalue weighted by atomic mass is 10.0. The summed E-state index contributed by atoms with van der Waals surface area (Å²) in [5.74, 6) is -2.76. The van der Waals surface area contributed by atoms with E-state index in [1.165, 1.54) is 17.0 Å². The lowest BCUT2D eigenvalue weighted by molar-refractivity contribution is -0.141. The number of phenolic OH excluding ortho intramolecular Hbond substituents is 1. The normalized spacial score (nSPS) is 17.8. The Morgan fingerprint density at radius 1 is 1.19 bits per heavy atom. The number of hydrogen-bond acceptors (Lipinski definition) is 6. The summed E-state index contributed by atoms with van der Waals surface area (Å²) in [7, 11) is 0. The van der Waals surface area contributed by atoms with Gasteiger partial charge in [-0.2, -0.15) is 0 Å². The number of phenols is 1. The van der Waals surface area contributed by atoms with Crippen LogP contribution >= 0.6 is 0 Å². The molecule has 3 amide bonds. The highest BCUT2D eigenvalue weighted by Crippen LogP contribution is 2.20. The van der Waals surface area contributed by atoms with Crippen molar-refractivity contribution in [1.82, 2.24) is 15.5 Å². The number of carboxylic acids is 1. The van der Waals surface area contributed by atoms with Crippen LogP contribution < -0.4 is 16.4 Å². The standard InChI is InChI=1S/C21H30N4O6/c1-12(2)18(20(30)23-11-17(27)28)24-19(29)16-4-3-9-25(16)21(31)15(22)10-13-5-7-14(26)8-6-13/h5-8,12,15-16,18,26H,3-4,9-11,22H2,1-2H3,(H,23,30)(H,24,29)(H,27,28). The van der Waals surface area contributed by atoms with E-state index in [0.717, 1.165) is 5.56 Å². The summed E-state index contributed by atoms with van der Waals surface area (Å²) in [6, 6.07) is 3.87. The van der Waals surface area contributed by atoms with Crippen molar-refractivity contribution in [1.29, 1.82) is 0 Å². The lowest BCUT2D eigenvalue weighted by Crippen LogP contribution is -2.57. The van der Waals surface area contributed by atoms with E-state index < -0.39 is 42.5 Å².